The standard InChI is InChI=1S/C26H26BrN3O2/c1-6-16(3)29-22(7-2)21-13-9-12-20(25(21)27)18-10-8-11-19(17(18)4)23-14-28-24(15-31)26(30-23)32-5/h7-15H,6H2,1-5H3/b22-7-,29-16+. The summed E-state index contributed by atoms with van der Waals surface area (Å²) in [7, 11) is 1.48. The Hall–Kier alpha value is -3.12. The molecule has 164 valence electrons. The summed E-state index contributed by atoms with van der Waals surface area (Å²) in [5.74, 6) is 0.215. The van der Waals surface area contributed by atoms with E-state index in [1.807, 2.05) is 38.1 Å². The third-order valence-electron chi connectivity index (χ3n) is 5.34. The zero-order chi connectivity index (χ0) is 23.3. The number of allylic oxidation sites excluding steroid dienone is 1. The van der Waals surface area contributed by atoms with E-state index in [0.717, 1.165) is 50.1 Å². The molecule has 0 aliphatic carbocycles. The van der Waals surface area contributed by atoms with Gasteiger partial charge in [0.1, 0.15) is 0 Å². The Labute approximate surface area is 197 Å². The third-order valence-corrected chi connectivity index (χ3v) is 6.20. The van der Waals surface area contributed by atoms with Gasteiger partial charge < -0.3 is 4.74 Å². The SMILES string of the molecule is C/C=C(\N=C(/C)CC)c1cccc(-c2cccc(-c3cnc(C=O)c(OC)n3)c2C)c1Br. The van der Waals surface area contributed by atoms with Gasteiger partial charge in [-0.1, -0.05) is 49.4 Å². The summed E-state index contributed by atoms with van der Waals surface area (Å²) in [5.41, 5.74) is 8.01. The molecule has 2 aromatic carbocycles. The molecule has 0 bridgehead atoms. The fourth-order valence-electron chi connectivity index (χ4n) is 3.45. The maximum atomic E-state index is 11.2. The number of hydrogen-bond donors (Lipinski definition) is 0. The number of aldehydes is 1. The van der Waals surface area contributed by atoms with E-state index in [2.05, 4.69) is 57.9 Å². The molecule has 0 saturated heterocycles. The molecular formula is C26H26BrN3O2. The Bertz CT molecular complexity index is 1220. The largest absolute Gasteiger partial charge is 0.479 e. The number of rotatable bonds is 7. The number of benzene rings is 2. The predicted octanol–water partition coefficient (Wildman–Crippen LogP) is 6.93. The average molecular weight is 492 g/mol. The highest BCUT2D eigenvalue weighted by atomic mass is 79.9. The molecule has 32 heavy (non-hydrogen) atoms. The summed E-state index contributed by atoms with van der Waals surface area (Å²) in [6, 6.07) is 12.3. The maximum Gasteiger partial charge on any atom is 0.243 e. The molecule has 0 fully saturated rings. The van der Waals surface area contributed by atoms with Crippen molar-refractivity contribution in [2.45, 2.75) is 34.1 Å². The first-order valence-corrected chi connectivity index (χ1v) is 11.2. The van der Waals surface area contributed by atoms with Crippen LogP contribution in [0.25, 0.3) is 28.1 Å². The van der Waals surface area contributed by atoms with Gasteiger partial charge in [-0.15, -0.1) is 0 Å². The van der Waals surface area contributed by atoms with Crippen molar-refractivity contribution in [1.29, 1.82) is 0 Å². The molecule has 3 rings (SSSR count). The topological polar surface area (TPSA) is 64.4 Å². The first-order chi connectivity index (χ1) is 15.4. The molecule has 3 aromatic rings. The van der Waals surface area contributed by atoms with E-state index in [1.165, 1.54) is 7.11 Å². The Balaban J connectivity index is 2.14. The number of methoxy groups -OCH3 is 1. The molecule has 0 atom stereocenters. The lowest BCUT2D eigenvalue weighted by atomic mass is 9.93. The van der Waals surface area contributed by atoms with Crippen LogP contribution in [0.2, 0.25) is 0 Å². The van der Waals surface area contributed by atoms with Crippen LogP contribution in [-0.4, -0.2) is 29.1 Å². The minimum absolute atomic E-state index is 0.183. The molecule has 0 radical (unpaired) electrons. The number of hydrogen-bond acceptors (Lipinski definition) is 5. The first-order valence-electron chi connectivity index (χ1n) is 10.4. The summed E-state index contributed by atoms with van der Waals surface area (Å²) in [6.07, 6.45) is 5.18. The van der Waals surface area contributed by atoms with E-state index >= 15 is 0 Å². The summed E-state index contributed by atoms with van der Waals surface area (Å²) >= 11 is 3.83. The highest BCUT2D eigenvalue weighted by Crippen LogP contribution is 2.38. The van der Waals surface area contributed by atoms with Gasteiger partial charge in [0.15, 0.2) is 12.0 Å². The van der Waals surface area contributed by atoms with Gasteiger partial charge in [0, 0.05) is 21.3 Å². The molecule has 1 aromatic heterocycles. The van der Waals surface area contributed by atoms with E-state index < -0.39 is 0 Å². The Morgan fingerprint density at radius 3 is 2.50 bits per heavy atom. The van der Waals surface area contributed by atoms with Crippen LogP contribution in [0.15, 0.2) is 58.1 Å². The number of nitrogens with zero attached hydrogens (tertiary/aromatic N) is 3. The van der Waals surface area contributed by atoms with Crippen LogP contribution in [0.3, 0.4) is 0 Å². The number of aliphatic imine (C=N–C) groups is 1. The molecule has 6 heteroatoms. The molecule has 1 heterocycles. The molecule has 0 N–H and O–H groups in total. The highest BCUT2D eigenvalue weighted by molar-refractivity contribution is 9.10. The first kappa shape index (κ1) is 23.5. The van der Waals surface area contributed by atoms with Crippen molar-refractivity contribution >= 4 is 33.6 Å². The van der Waals surface area contributed by atoms with Crippen LogP contribution in [0.5, 0.6) is 5.88 Å². The van der Waals surface area contributed by atoms with E-state index in [1.54, 1.807) is 6.20 Å². The highest BCUT2D eigenvalue weighted by Gasteiger charge is 2.16. The molecule has 0 spiro atoms. The summed E-state index contributed by atoms with van der Waals surface area (Å²) < 4.78 is 6.22. The quantitative estimate of drug-likeness (QED) is 0.265. The molecule has 5 nitrogen and oxygen atoms in total. The van der Waals surface area contributed by atoms with Crippen LogP contribution in [-0.2, 0) is 0 Å². The van der Waals surface area contributed by atoms with Gasteiger partial charge in [-0.3, -0.25) is 9.79 Å². The number of carbonyl (C=O) groups excluding carboxylic acids is 1. The van der Waals surface area contributed by atoms with Gasteiger partial charge in [0.2, 0.25) is 5.88 Å². The second-order valence-corrected chi connectivity index (χ2v) is 8.08. The third kappa shape index (κ3) is 4.70. The fraction of sp³-hybridized carbons (Fsp3) is 0.231. The Kier molecular flexibility index (Phi) is 7.70. The van der Waals surface area contributed by atoms with Gasteiger partial charge in [-0.2, -0.15) is 0 Å². The monoisotopic (exact) mass is 491 g/mol. The molecular weight excluding hydrogens is 466 g/mol. The van der Waals surface area contributed by atoms with E-state index in [4.69, 9.17) is 9.73 Å². The predicted molar refractivity (Wildman–Crippen MR) is 134 cm³/mol. The minimum Gasteiger partial charge on any atom is -0.479 e. The van der Waals surface area contributed by atoms with E-state index in [0.29, 0.717) is 12.0 Å². The van der Waals surface area contributed by atoms with Crippen LogP contribution in [0, 0.1) is 6.92 Å². The number of ether oxygens (including phenoxy) is 1. The second-order valence-electron chi connectivity index (χ2n) is 7.29. The zero-order valence-electron chi connectivity index (χ0n) is 18.9. The van der Waals surface area contributed by atoms with E-state index in [-0.39, 0.29) is 11.6 Å². The Morgan fingerprint density at radius 1 is 1.16 bits per heavy atom. The lowest BCUT2D eigenvalue weighted by Gasteiger charge is -2.16. The van der Waals surface area contributed by atoms with Gasteiger partial charge >= 0.3 is 0 Å². The molecule has 0 aliphatic heterocycles. The van der Waals surface area contributed by atoms with Crippen molar-refractivity contribution in [3.05, 3.63) is 70.0 Å². The molecule has 0 saturated carbocycles. The van der Waals surface area contributed by atoms with Gasteiger partial charge in [-0.25, -0.2) is 9.97 Å². The van der Waals surface area contributed by atoms with Crippen LogP contribution in [0.4, 0.5) is 0 Å². The van der Waals surface area contributed by atoms with Gasteiger partial charge in [0.05, 0.1) is 24.7 Å². The summed E-state index contributed by atoms with van der Waals surface area (Å²) in [6.45, 7) is 8.20. The maximum absolute atomic E-state index is 11.2. The lowest BCUT2D eigenvalue weighted by Crippen LogP contribution is -2.00. The fourth-order valence-corrected chi connectivity index (χ4v) is 4.13. The molecule has 0 unspecified atom stereocenters. The second kappa shape index (κ2) is 10.5. The lowest BCUT2D eigenvalue weighted by molar-refractivity contribution is 0.111. The number of carbonyl (C=O) groups is 1. The zero-order valence-corrected chi connectivity index (χ0v) is 20.5. The van der Waals surface area contributed by atoms with Gasteiger partial charge in [-0.05, 0) is 59.8 Å². The van der Waals surface area contributed by atoms with Crippen LogP contribution in [0.1, 0.15) is 48.8 Å². The summed E-state index contributed by atoms with van der Waals surface area (Å²) in [5, 5.41) is 0. The van der Waals surface area contributed by atoms with Crippen molar-refractivity contribution in [3.63, 3.8) is 0 Å². The minimum atomic E-state index is 0.183. The van der Waals surface area contributed by atoms with Crippen molar-refractivity contribution in [1.82, 2.24) is 9.97 Å². The van der Waals surface area contributed by atoms with Crippen molar-refractivity contribution < 1.29 is 9.53 Å². The van der Waals surface area contributed by atoms with E-state index in [9.17, 15) is 4.79 Å². The normalized spacial score (nSPS) is 12.1. The molecule has 0 aliphatic rings. The van der Waals surface area contributed by atoms with Crippen molar-refractivity contribution in [2.75, 3.05) is 7.11 Å². The summed E-state index contributed by atoms with van der Waals surface area (Å²) in [4.78, 5) is 24.7. The van der Waals surface area contributed by atoms with Crippen LogP contribution >= 0.6 is 15.9 Å². The van der Waals surface area contributed by atoms with Crippen molar-refractivity contribution in [2.24, 2.45) is 4.99 Å². The Morgan fingerprint density at radius 2 is 1.84 bits per heavy atom. The molecule has 0 amide bonds. The van der Waals surface area contributed by atoms with Gasteiger partial charge in [0.25, 0.3) is 0 Å². The number of halogens is 1. The van der Waals surface area contributed by atoms with Crippen LogP contribution < -0.4 is 4.74 Å². The number of aromatic nitrogens is 2. The van der Waals surface area contributed by atoms with Crippen molar-refractivity contribution in [3.8, 4) is 28.3 Å². The smallest absolute Gasteiger partial charge is 0.243 e. The average Bonchev–Trinajstić information content (AvgIpc) is 2.82.